The zero-order valence-electron chi connectivity index (χ0n) is 12.4. The third-order valence-corrected chi connectivity index (χ3v) is 3.85. The van der Waals surface area contributed by atoms with Gasteiger partial charge in [0.15, 0.2) is 12.1 Å². The Morgan fingerprint density at radius 3 is 2.64 bits per heavy atom. The summed E-state index contributed by atoms with van der Waals surface area (Å²) < 4.78 is 23.6. The van der Waals surface area contributed by atoms with Gasteiger partial charge >= 0.3 is 0 Å². The molecule has 0 aliphatic carbocycles. The number of halogens is 2. The summed E-state index contributed by atoms with van der Waals surface area (Å²) in [6.07, 6.45) is 0.0771. The number of ether oxygens (including phenoxy) is 4. The van der Waals surface area contributed by atoms with Crippen LogP contribution in [0.15, 0.2) is 40.9 Å². The summed E-state index contributed by atoms with van der Waals surface area (Å²) >= 11 is 11.5. The van der Waals surface area contributed by atoms with Crippen LogP contribution in [0.1, 0.15) is 19.4 Å². The van der Waals surface area contributed by atoms with Crippen molar-refractivity contribution >= 4 is 23.2 Å². The Morgan fingerprint density at radius 1 is 1.23 bits per heavy atom. The van der Waals surface area contributed by atoms with Crippen molar-refractivity contribution in [2.45, 2.75) is 50.8 Å². The first-order valence-electron chi connectivity index (χ1n) is 7.14. The van der Waals surface area contributed by atoms with Crippen LogP contribution in [0.4, 0.5) is 0 Å². The minimum Gasteiger partial charge on any atom is -0.368 e. The normalized spacial score (nSPS) is 32.7. The second-order valence-corrected chi connectivity index (χ2v) is 6.79. The van der Waals surface area contributed by atoms with Gasteiger partial charge in [-0.3, -0.25) is 0 Å². The van der Waals surface area contributed by atoms with Gasteiger partial charge in [0.2, 0.25) is 0 Å². The van der Waals surface area contributed by atoms with Gasteiger partial charge in [-0.2, -0.15) is 0 Å². The minimum atomic E-state index is -0.691. The first kappa shape index (κ1) is 16.2. The first-order valence-corrected chi connectivity index (χ1v) is 7.90. The molecule has 1 aromatic carbocycles. The van der Waals surface area contributed by atoms with Crippen molar-refractivity contribution in [2.75, 3.05) is 0 Å². The highest BCUT2D eigenvalue weighted by Crippen LogP contribution is 2.39. The first-order chi connectivity index (χ1) is 10.4. The van der Waals surface area contributed by atoms with Crippen LogP contribution in [-0.4, -0.2) is 30.4 Å². The minimum absolute atomic E-state index is 0.137. The highest BCUT2D eigenvalue weighted by Gasteiger charge is 2.54. The van der Waals surface area contributed by atoms with Crippen LogP contribution in [0.25, 0.3) is 0 Å². The molecule has 0 aromatic heterocycles. The Labute approximate surface area is 139 Å². The number of hydrogen-bond acceptors (Lipinski definition) is 4. The molecule has 3 rings (SSSR count). The fourth-order valence-corrected chi connectivity index (χ4v) is 2.97. The molecule has 2 aliphatic heterocycles. The zero-order valence-corrected chi connectivity index (χ0v) is 13.9. The molecule has 0 radical (unpaired) electrons. The van der Waals surface area contributed by atoms with Crippen LogP contribution >= 0.6 is 23.2 Å². The quantitative estimate of drug-likeness (QED) is 0.833. The molecule has 0 amide bonds. The maximum absolute atomic E-state index is 6.02. The molecule has 0 unspecified atom stereocenters. The molecular weight excluding hydrogens is 327 g/mol. The fourth-order valence-electron chi connectivity index (χ4n) is 2.72. The molecule has 2 aliphatic rings. The average molecular weight is 345 g/mol. The number of rotatable bonds is 4. The topological polar surface area (TPSA) is 36.9 Å². The highest BCUT2D eigenvalue weighted by molar-refractivity contribution is 6.55. The third kappa shape index (κ3) is 3.65. The largest absolute Gasteiger partial charge is 0.368 e. The maximum atomic E-state index is 6.02. The SMILES string of the molecule is CC1(C)O[C@H]2O[C@H](C=C(Cl)Cl)[C@H](OCc3ccccc3)[C@H]2O1. The Morgan fingerprint density at radius 2 is 1.95 bits per heavy atom. The lowest BCUT2D eigenvalue weighted by atomic mass is 10.1. The second-order valence-electron chi connectivity index (χ2n) is 5.79. The van der Waals surface area contributed by atoms with E-state index in [2.05, 4.69) is 0 Å². The number of benzene rings is 1. The molecule has 4 atom stereocenters. The summed E-state index contributed by atoms with van der Waals surface area (Å²) in [7, 11) is 0. The average Bonchev–Trinajstić information content (AvgIpc) is 2.88. The monoisotopic (exact) mass is 344 g/mol. The van der Waals surface area contributed by atoms with E-state index < -0.39 is 18.2 Å². The van der Waals surface area contributed by atoms with Crippen LogP contribution in [-0.2, 0) is 25.6 Å². The van der Waals surface area contributed by atoms with Crippen molar-refractivity contribution in [3.05, 3.63) is 46.5 Å². The van der Waals surface area contributed by atoms with Crippen molar-refractivity contribution in [3.8, 4) is 0 Å². The van der Waals surface area contributed by atoms with Gasteiger partial charge in [-0.05, 0) is 25.5 Å². The van der Waals surface area contributed by atoms with E-state index in [9.17, 15) is 0 Å². The summed E-state index contributed by atoms with van der Waals surface area (Å²) in [5.74, 6) is -0.691. The van der Waals surface area contributed by atoms with Crippen molar-refractivity contribution in [3.63, 3.8) is 0 Å². The van der Waals surface area contributed by atoms with Gasteiger partial charge in [-0.25, -0.2) is 0 Å². The summed E-state index contributed by atoms with van der Waals surface area (Å²) in [6, 6.07) is 9.91. The predicted molar refractivity (Wildman–Crippen MR) is 83.5 cm³/mol. The molecule has 2 saturated heterocycles. The van der Waals surface area contributed by atoms with Crippen molar-refractivity contribution in [1.29, 1.82) is 0 Å². The van der Waals surface area contributed by atoms with E-state index in [1.165, 1.54) is 0 Å². The van der Waals surface area contributed by atoms with Gasteiger partial charge in [0, 0.05) is 0 Å². The van der Waals surface area contributed by atoms with E-state index in [0.717, 1.165) is 5.56 Å². The molecule has 2 heterocycles. The molecule has 0 spiro atoms. The smallest absolute Gasteiger partial charge is 0.190 e. The lowest BCUT2D eigenvalue weighted by Crippen LogP contribution is -2.36. The van der Waals surface area contributed by atoms with Crippen molar-refractivity contribution in [2.24, 2.45) is 0 Å². The van der Waals surface area contributed by atoms with Gasteiger partial charge in [0.25, 0.3) is 0 Å². The van der Waals surface area contributed by atoms with Crippen LogP contribution in [0.3, 0.4) is 0 Å². The maximum Gasteiger partial charge on any atom is 0.190 e. The molecule has 0 saturated carbocycles. The molecule has 120 valence electrons. The summed E-state index contributed by atoms with van der Waals surface area (Å²) in [5, 5.41) is 0. The Hall–Kier alpha value is -0.620. The molecule has 6 heteroatoms. The second kappa shape index (κ2) is 6.48. The highest BCUT2D eigenvalue weighted by atomic mass is 35.5. The third-order valence-electron chi connectivity index (χ3n) is 3.60. The lowest BCUT2D eigenvalue weighted by Gasteiger charge is -2.24. The van der Waals surface area contributed by atoms with E-state index in [-0.39, 0.29) is 16.7 Å². The van der Waals surface area contributed by atoms with Crippen LogP contribution in [0.5, 0.6) is 0 Å². The molecular formula is C16H18Cl2O4. The van der Waals surface area contributed by atoms with E-state index >= 15 is 0 Å². The van der Waals surface area contributed by atoms with Crippen molar-refractivity contribution < 1.29 is 18.9 Å². The fraction of sp³-hybridized carbons (Fsp3) is 0.500. The number of hydrogen-bond donors (Lipinski definition) is 0. The van der Waals surface area contributed by atoms with E-state index in [1.54, 1.807) is 6.08 Å². The molecule has 4 nitrogen and oxygen atoms in total. The molecule has 0 bridgehead atoms. The molecule has 0 N–H and O–H groups in total. The predicted octanol–water partition coefficient (Wildman–Crippen LogP) is 3.77. The Bertz CT molecular complexity index is 542. The van der Waals surface area contributed by atoms with Crippen molar-refractivity contribution in [1.82, 2.24) is 0 Å². The van der Waals surface area contributed by atoms with Gasteiger partial charge in [-0.15, -0.1) is 0 Å². The standard InChI is InChI=1S/C16H18Cl2O4/c1-16(2)21-14-13(19-9-10-6-4-3-5-7-10)11(8-12(17)18)20-15(14)22-16/h3-8,11,13-15H,9H2,1-2H3/t11-,13+,14-,15-/m1/s1. The Kier molecular flexibility index (Phi) is 4.78. The van der Waals surface area contributed by atoms with Gasteiger partial charge in [-0.1, -0.05) is 53.5 Å². The Balaban J connectivity index is 1.73. The van der Waals surface area contributed by atoms with Gasteiger partial charge in [0.05, 0.1) is 6.61 Å². The molecule has 2 fully saturated rings. The van der Waals surface area contributed by atoms with Gasteiger partial charge in [0.1, 0.15) is 22.8 Å². The van der Waals surface area contributed by atoms with Crippen LogP contribution < -0.4 is 0 Å². The molecule has 22 heavy (non-hydrogen) atoms. The summed E-state index contributed by atoms with van der Waals surface area (Å²) in [6.45, 7) is 4.15. The zero-order chi connectivity index (χ0) is 15.7. The summed E-state index contributed by atoms with van der Waals surface area (Å²) in [4.78, 5) is 0. The van der Waals surface area contributed by atoms with E-state index in [4.69, 9.17) is 42.1 Å². The van der Waals surface area contributed by atoms with E-state index in [0.29, 0.717) is 6.61 Å². The van der Waals surface area contributed by atoms with E-state index in [1.807, 2.05) is 44.2 Å². The van der Waals surface area contributed by atoms with Gasteiger partial charge < -0.3 is 18.9 Å². The van der Waals surface area contributed by atoms with Crippen LogP contribution in [0, 0.1) is 0 Å². The molecule has 1 aromatic rings. The summed E-state index contributed by atoms with van der Waals surface area (Å²) in [5.41, 5.74) is 1.07. The van der Waals surface area contributed by atoms with Crippen LogP contribution in [0.2, 0.25) is 0 Å². The lowest BCUT2D eigenvalue weighted by molar-refractivity contribution is -0.213. The number of fused-ring (bicyclic) bond motifs is 1.